The third-order valence-corrected chi connectivity index (χ3v) is 5.47. The Balaban J connectivity index is 1.44. The van der Waals surface area contributed by atoms with E-state index in [1.54, 1.807) is 24.4 Å². The van der Waals surface area contributed by atoms with E-state index in [-0.39, 0.29) is 12.0 Å². The van der Waals surface area contributed by atoms with E-state index in [0.717, 1.165) is 36.6 Å². The van der Waals surface area contributed by atoms with Gasteiger partial charge in [-0.2, -0.15) is 5.26 Å². The lowest BCUT2D eigenvalue weighted by Gasteiger charge is -2.22. The molecule has 0 unspecified atom stereocenters. The highest BCUT2D eigenvalue weighted by Gasteiger charge is 2.30. The summed E-state index contributed by atoms with van der Waals surface area (Å²) in [5.41, 5.74) is 2.05. The fraction of sp³-hybridized carbons (Fsp3) is 0.409. The van der Waals surface area contributed by atoms with Crippen LogP contribution in [-0.4, -0.2) is 48.1 Å². The van der Waals surface area contributed by atoms with Crippen molar-refractivity contribution in [3.05, 3.63) is 53.2 Å². The van der Waals surface area contributed by atoms with E-state index in [1.807, 2.05) is 24.0 Å². The molecule has 28 heavy (non-hydrogen) atoms. The maximum atomic E-state index is 12.9. The number of hydrogen-bond acceptors (Lipinski definition) is 5. The molecule has 0 radical (unpaired) electrons. The fourth-order valence-corrected chi connectivity index (χ4v) is 3.97. The molecule has 0 spiro atoms. The number of aryl methyl sites for hydroxylation is 1. The van der Waals surface area contributed by atoms with Crippen molar-refractivity contribution in [1.82, 2.24) is 9.88 Å². The Bertz CT molecular complexity index is 915. The van der Waals surface area contributed by atoms with E-state index in [2.05, 4.69) is 16.0 Å². The maximum Gasteiger partial charge on any atom is 0.254 e. The molecule has 1 aromatic heterocycles. The molecule has 6 heteroatoms. The van der Waals surface area contributed by atoms with Crippen LogP contribution in [0.2, 0.25) is 0 Å². The summed E-state index contributed by atoms with van der Waals surface area (Å²) in [6.07, 6.45) is 4.94. The van der Waals surface area contributed by atoms with Crippen molar-refractivity contribution < 1.29 is 9.53 Å². The van der Waals surface area contributed by atoms with Crippen LogP contribution in [-0.2, 0) is 0 Å². The van der Waals surface area contributed by atoms with Gasteiger partial charge in [-0.15, -0.1) is 0 Å². The lowest BCUT2D eigenvalue weighted by Crippen LogP contribution is -2.31. The summed E-state index contributed by atoms with van der Waals surface area (Å²) in [4.78, 5) is 21.5. The molecule has 2 fully saturated rings. The van der Waals surface area contributed by atoms with Gasteiger partial charge in [-0.1, -0.05) is 0 Å². The van der Waals surface area contributed by atoms with E-state index < -0.39 is 0 Å². The number of amides is 1. The van der Waals surface area contributed by atoms with E-state index in [1.165, 1.54) is 12.8 Å². The molecule has 3 heterocycles. The molecule has 4 rings (SSSR count). The lowest BCUT2D eigenvalue weighted by atomic mass is 10.0. The number of hydrogen-bond donors (Lipinski definition) is 0. The van der Waals surface area contributed by atoms with Crippen LogP contribution in [0.1, 0.15) is 40.7 Å². The summed E-state index contributed by atoms with van der Waals surface area (Å²) in [7, 11) is 0. The Morgan fingerprint density at radius 2 is 2.07 bits per heavy atom. The summed E-state index contributed by atoms with van der Waals surface area (Å²) in [6.45, 7) is 5.13. The van der Waals surface area contributed by atoms with Gasteiger partial charge in [0.15, 0.2) is 11.6 Å². The van der Waals surface area contributed by atoms with Crippen molar-refractivity contribution in [2.24, 2.45) is 0 Å². The Morgan fingerprint density at radius 3 is 2.82 bits per heavy atom. The number of rotatable bonds is 4. The molecule has 2 saturated heterocycles. The smallest absolute Gasteiger partial charge is 0.254 e. The standard InChI is InChI=1S/C22H24N4O2/c1-16-13-17(14-23)6-7-19(16)22(27)26-12-8-18(15-26)28-20-5-4-9-24-21(20)25-10-2-3-11-25/h4-7,9,13,18H,2-3,8,10-12,15H2,1H3/t18-/m0/s1. The van der Waals surface area contributed by atoms with Gasteiger partial charge in [-0.05, 0) is 55.7 Å². The van der Waals surface area contributed by atoms with Gasteiger partial charge in [0, 0.05) is 37.8 Å². The molecule has 0 saturated carbocycles. The summed E-state index contributed by atoms with van der Waals surface area (Å²) in [5, 5.41) is 9.01. The highest BCUT2D eigenvalue weighted by Crippen LogP contribution is 2.30. The minimum absolute atomic E-state index is 0.000886. The third-order valence-electron chi connectivity index (χ3n) is 5.47. The van der Waals surface area contributed by atoms with Crippen LogP contribution in [0.4, 0.5) is 5.82 Å². The highest BCUT2D eigenvalue weighted by atomic mass is 16.5. The summed E-state index contributed by atoms with van der Waals surface area (Å²) >= 11 is 0. The number of aromatic nitrogens is 1. The molecule has 0 aliphatic carbocycles. The minimum atomic E-state index is -0.0341. The van der Waals surface area contributed by atoms with Crippen LogP contribution in [0.25, 0.3) is 0 Å². The molecule has 1 aromatic carbocycles. The number of anilines is 1. The zero-order valence-electron chi connectivity index (χ0n) is 16.1. The number of ether oxygens (including phenoxy) is 1. The molecule has 1 amide bonds. The van der Waals surface area contributed by atoms with Crippen LogP contribution in [0, 0.1) is 18.3 Å². The lowest BCUT2D eigenvalue weighted by molar-refractivity contribution is 0.0772. The quantitative estimate of drug-likeness (QED) is 0.820. The Hall–Kier alpha value is -3.07. The Morgan fingerprint density at radius 1 is 1.25 bits per heavy atom. The van der Waals surface area contributed by atoms with Crippen LogP contribution in [0.15, 0.2) is 36.5 Å². The average Bonchev–Trinajstić information content (AvgIpc) is 3.40. The Kier molecular flexibility index (Phi) is 5.16. The largest absolute Gasteiger partial charge is 0.485 e. The van der Waals surface area contributed by atoms with Crippen molar-refractivity contribution in [3.8, 4) is 11.8 Å². The second-order valence-corrected chi connectivity index (χ2v) is 7.44. The first-order chi connectivity index (χ1) is 13.7. The van der Waals surface area contributed by atoms with Gasteiger partial charge in [0.05, 0.1) is 18.2 Å². The van der Waals surface area contributed by atoms with Gasteiger partial charge in [-0.25, -0.2) is 4.98 Å². The predicted octanol–water partition coefficient (Wildman–Crippen LogP) is 3.16. The monoisotopic (exact) mass is 376 g/mol. The number of carbonyl (C=O) groups is 1. The molecule has 2 aromatic rings. The first-order valence-electron chi connectivity index (χ1n) is 9.82. The number of pyridine rings is 1. The molecule has 2 aliphatic rings. The second-order valence-electron chi connectivity index (χ2n) is 7.44. The van der Waals surface area contributed by atoms with Crippen LogP contribution < -0.4 is 9.64 Å². The zero-order valence-corrected chi connectivity index (χ0v) is 16.1. The second kappa shape index (κ2) is 7.89. The van der Waals surface area contributed by atoms with Crippen molar-refractivity contribution in [3.63, 3.8) is 0 Å². The zero-order chi connectivity index (χ0) is 19.5. The molecular formula is C22H24N4O2. The number of carbonyl (C=O) groups excluding carboxylic acids is 1. The van der Waals surface area contributed by atoms with Crippen LogP contribution >= 0.6 is 0 Å². The van der Waals surface area contributed by atoms with Gasteiger partial charge in [-0.3, -0.25) is 4.79 Å². The van der Waals surface area contributed by atoms with Crippen molar-refractivity contribution in [1.29, 1.82) is 5.26 Å². The molecule has 0 bridgehead atoms. The first-order valence-corrected chi connectivity index (χ1v) is 9.82. The first kappa shape index (κ1) is 18.3. The number of nitrogens with zero attached hydrogens (tertiary/aromatic N) is 4. The summed E-state index contributed by atoms with van der Waals surface area (Å²) in [6, 6.07) is 11.2. The van der Waals surface area contributed by atoms with Crippen LogP contribution in [0.3, 0.4) is 0 Å². The minimum Gasteiger partial charge on any atom is -0.485 e. The van der Waals surface area contributed by atoms with Gasteiger partial charge in [0.25, 0.3) is 5.91 Å². The van der Waals surface area contributed by atoms with Gasteiger partial charge in [0.2, 0.25) is 0 Å². The molecule has 2 aliphatic heterocycles. The normalized spacial score (nSPS) is 18.9. The van der Waals surface area contributed by atoms with Crippen molar-refractivity contribution in [2.45, 2.75) is 32.3 Å². The van der Waals surface area contributed by atoms with Crippen LogP contribution in [0.5, 0.6) is 5.75 Å². The third kappa shape index (κ3) is 3.65. The number of likely N-dealkylation sites (tertiary alicyclic amines) is 1. The van der Waals surface area contributed by atoms with Gasteiger partial charge >= 0.3 is 0 Å². The fourth-order valence-electron chi connectivity index (χ4n) is 3.97. The van der Waals surface area contributed by atoms with E-state index in [9.17, 15) is 4.79 Å². The molecule has 6 nitrogen and oxygen atoms in total. The molecular weight excluding hydrogens is 352 g/mol. The van der Waals surface area contributed by atoms with Gasteiger partial charge in [0.1, 0.15) is 6.10 Å². The van der Waals surface area contributed by atoms with E-state index in [4.69, 9.17) is 10.00 Å². The molecule has 144 valence electrons. The van der Waals surface area contributed by atoms with E-state index in [0.29, 0.717) is 24.2 Å². The van der Waals surface area contributed by atoms with Crippen molar-refractivity contribution in [2.75, 3.05) is 31.1 Å². The molecule has 0 N–H and O–H groups in total. The number of benzene rings is 1. The van der Waals surface area contributed by atoms with Gasteiger partial charge < -0.3 is 14.5 Å². The topological polar surface area (TPSA) is 69.5 Å². The summed E-state index contributed by atoms with van der Waals surface area (Å²) < 4.78 is 6.26. The van der Waals surface area contributed by atoms with Crippen molar-refractivity contribution >= 4 is 11.7 Å². The molecule has 1 atom stereocenters. The average molecular weight is 376 g/mol. The predicted molar refractivity (Wildman–Crippen MR) is 107 cm³/mol. The summed E-state index contributed by atoms with van der Waals surface area (Å²) in [5.74, 6) is 1.71. The maximum absolute atomic E-state index is 12.9. The highest BCUT2D eigenvalue weighted by molar-refractivity contribution is 5.96. The van der Waals surface area contributed by atoms with E-state index >= 15 is 0 Å². The number of nitriles is 1. The SMILES string of the molecule is Cc1cc(C#N)ccc1C(=O)N1CC[C@H](Oc2cccnc2N2CCCC2)C1. The Labute approximate surface area is 165 Å².